The second kappa shape index (κ2) is 6.38. The van der Waals surface area contributed by atoms with Crippen molar-refractivity contribution >= 4 is 21.7 Å². The van der Waals surface area contributed by atoms with Crippen LogP contribution in [0.15, 0.2) is 53.0 Å². The van der Waals surface area contributed by atoms with Gasteiger partial charge in [-0.2, -0.15) is 5.26 Å². The van der Waals surface area contributed by atoms with E-state index in [-0.39, 0.29) is 33.8 Å². The van der Waals surface area contributed by atoms with Gasteiger partial charge >= 0.3 is 0 Å². The molecule has 0 atom stereocenters. The van der Waals surface area contributed by atoms with Crippen LogP contribution in [0.1, 0.15) is 5.56 Å². The Labute approximate surface area is 145 Å². The first-order chi connectivity index (χ1) is 11.5. The average Bonchev–Trinajstić information content (AvgIpc) is 2.57. The van der Waals surface area contributed by atoms with E-state index in [0.717, 1.165) is 0 Å². The summed E-state index contributed by atoms with van der Waals surface area (Å²) in [6, 6.07) is 13.8. The summed E-state index contributed by atoms with van der Waals surface area (Å²) < 4.78 is 28.9. The molecule has 2 aromatic carbocycles. The molecule has 0 aliphatic rings. The highest BCUT2D eigenvalue weighted by molar-refractivity contribution is 9.10. The number of nitriles is 1. The van der Waals surface area contributed by atoms with E-state index >= 15 is 0 Å². The molecular weight excluding hydrogens is 376 g/mol. The number of anilines is 1. The summed E-state index contributed by atoms with van der Waals surface area (Å²) in [7, 11) is 0. The van der Waals surface area contributed by atoms with Crippen LogP contribution in [0.2, 0.25) is 0 Å². The SMILES string of the molecule is N#Cc1c(-c2cc(Br)ccc2F)cc(-c2ccccc2F)nc1N. The van der Waals surface area contributed by atoms with Crippen LogP contribution in [0.3, 0.4) is 0 Å². The van der Waals surface area contributed by atoms with E-state index in [4.69, 9.17) is 5.73 Å². The summed E-state index contributed by atoms with van der Waals surface area (Å²) in [6.45, 7) is 0. The lowest BCUT2D eigenvalue weighted by Crippen LogP contribution is -2.01. The summed E-state index contributed by atoms with van der Waals surface area (Å²) in [5.74, 6) is -1.07. The highest BCUT2D eigenvalue weighted by Gasteiger charge is 2.17. The summed E-state index contributed by atoms with van der Waals surface area (Å²) in [5, 5.41) is 9.36. The molecule has 3 aromatic rings. The number of benzene rings is 2. The zero-order valence-electron chi connectivity index (χ0n) is 12.2. The number of nitrogen functional groups attached to an aromatic ring is 1. The maximum atomic E-state index is 14.3. The maximum absolute atomic E-state index is 14.3. The Hall–Kier alpha value is -2.78. The fourth-order valence-corrected chi connectivity index (χ4v) is 2.77. The minimum absolute atomic E-state index is 0.0482. The molecule has 0 aliphatic carbocycles. The summed E-state index contributed by atoms with van der Waals surface area (Å²) in [6.07, 6.45) is 0. The molecule has 0 saturated heterocycles. The van der Waals surface area contributed by atoms with Gasteiger partial charge in [0, 0.05) is 21.2 Å². The van der Waals surface area contributed by atoms with Crippen LogP contribution in [0.4, 0.5) is 14.6 Å². The quantitative estimate of drug-likeness (QED) is 0.681. The molecule has 0 radical (unpaired) electrons. The van der Waals surface area contributed by atoms with Crippen molar-refractivity contribution in [2.24, 2.45) is 0 Å². The number of hydrogen-bond acceptors (Lipinski definition) is 3. The fourth-order valence-electron chi connectivity index (χ4n) is 2.41. The van der Waals surface area contributed by atoms with Gasteiger partial charge in [0.05, 0.1) is 5.69 Å². The van der Waals surface area contributed by atoms with Crippen LogP contribution in [-0.2, 0) is 0 Å². The predicted molar refractivity (Wildman–Crippen MR) is 91.9 cm³/mol. The van der Waals surface area contributed by atoms with E-state index in [1.54, 1.807) is 24.3 Å². The van der Waals surface area contributed by atoms with Gasteiger partial charge < -0.3 is 5.73 Å². The first-order valence-electron chi connectivity index (χ1n) is 6.92. The van der Waals surface area contributed by atoms with Crippen molar-refractivity contribution in [3.8, 4) is 28.5 Å². The van der Waals surface area contributed by atoms with Gasteiger partial charge in [-0.05, 0) is 36.4 Å². The van der Waals surface area contributed by atoms with E-state index in [0.29, 0.717) is 4.47 Å². The normalized spacial score (nSPS) is 10.4. The van der Waals surface area contributed by atoms with Gasteiger partial charge in [-0.15, -0.1) is 0 Å². The van der Waals surface area contributed by atoms with Gasteiger partial charge in [0.2, 0.25) is 0 Å². The molecule has 3 nitrogen and oxygen atoms in total. The molecule has 1 aromatic heterocycles. The summed E-state index contributed by atoms with van der Waals surface area (Å²) >= 11 is 3.28. The first-order valence-corrected chi connectivity index (χ1v) is 7.71. The number of aromatic nitrogens is 1. The van der Waals surface area contributed by atoms with Gasteiger partial charge in [-0.3, -0.25) is 0 Å². The van der Waals surface area contributed by atoms with Crippen LogP contribution in [0.25, 0.3) is 22.4 Å². The molecule has 24 heavy (non-hydrogen) atoms. The Bertz CT molecular complexity index is 980. The van der Waals surface area contributed by atoms with E-state index in [9.17, 15) is 14.0 Å². The number of pyridine rings is 1. The van der Waals surface area contributed by atoms with Crippen molar-refractivity contribution in [3.63, 3.8) is 0 Å². The molecule has 0 unspecified atom stereocenters. The van der Waals surface area contributed by atoms with Gasteiger partial charge in [-0.25, -0.2) is 13.8 Å². The molecule has 2 N–H and O–H groups in total. The highest BCUT2D eigenvalue weighted by atomic mass is 79.9. The van der Waals surface area contributed by atoms with Gasteiger partial charge in [-0.1, -0.05) is 28.1 Å². The molecule has 0 aliphatic heterocycles. The third-order valence-electron chi connectivity index (χ3n) is 3.53. The molecule has 0 saturated carbocycles. The lowest BCUT2D eigenvalue weighted by molar-refractivity contribution is 0.630. The standard InChI is InChI=1S/C18H10BrF2N3/c19-10-5-6-16(21)13(7-10)12-8-17(24-18(23)14(12)9-22)11-3-1-2-4-15(11)20/h1-8H,(H2,23,24). The largest absolute Gasteiger partial charge is 0.383 e. The minimum atomic E-state index is -0.514. The minimum Gasteiger partial charge on any atom is -0.383 e. The van der Waals surface area contributed by atoms with Gasteiger partial charge in [0.25, 0.3) is 0 Å². The zero-order chi connectivity index (χ0) is 17.3. The second-order valence-electron chi connectivity index (χ2n) is 5.03. The highest BCUT2D eigenvalue weighted by Crippen LogP contribution is 2.34. The predicted octanol–water partition coefficient (Wildman–Crippen LogP) is 4.91. The second-order valence-corrected chi connectivity index (χ2v) is 5.95. The topological polar surface area (TPSA) is 62.7 Å². The third kappa shape index (κ3) is 2.86. The van der Waals surface area contributed by atoms with Crippen LogP contribution in [0, 0.1) is 23.0 Å². The van der Waals surface area contributed by atoms with Crippen LogP contribution < -0.4 is 5.73 Å². The lowest BCUT2D eigenvalue weighted by Gasteiger charge is -2.11. The van der Waals surface area contributed by atoms with E-state index in [1.807, 2.05) is 6.07 Å². The van der Waals surface area contributed by atoms with E-state index in [2.05, 4.69) is 20.9 Å². The summed E-state index contributed by atoms with van der Waals surface area (Å²) in [4.78, 5) is 4.09. The molecule has 6 heteroatoms. The number of nitrogens with two attached hydrogens (primary N) is 1. The molecule has 0 spiro atoms. The zero-order valence-corrected chi connectivity index (χ0v) is 13.8. The lowest BCUT2D eigenvalue weighted by atomic mass is 9.98. The van der Waals surface area contributed by atoms with E-state index in [1.165, 1.54) is 24.3 Å². The van der Waals surface area contributed by atoms with Crippen LogP contribution in [0.5, 0.6) is 0 Å². The van der Waals surface area contributed by atoms with Crippen molar-refractivity contribution in [2.75, 3.05) is 5.73 Å². The van der Waals surface area contributed by atoms with Crippen molar-refractivity contribution in [1.29, 1.82) is 5.26 Å². The van der Waals surface area contributed by atoms with Crippen molar-refractivity contribution in [3.05, 3.63) is 70.2 Å². The summed E-state index contributed by atoms with van der Waals surface area (Å²) in [5.41, 5.74) is 6.82. The Morgan fingerprint density at radius 1 is 0.958 bits per heavy atom. The number of nitrogens with zero attached hydrogens (tertiary/aromatic N) is 2. The molecule has 0 bridgehead atoms. The molecule has 0 amide bonds. The maximum Gasteiger partial charge on any atom is 0.142 e. The Morgan fingerprint density at radius 2 is 1.67 bits per heavy atom. The smallest absolute Gasteiger partial charge is 0.142 e. The first kappa shape index (κ1) is 16.1. The molecule has 3 rings (SSSR count). The Balaban J connectivity index is 2.32. The van der Waals surface area contributed by atoms with Crippen LogP contribution in [-0.4, -0.2) is 4.98 Å². The van der Waals surface area contributed by atoms with Crippen LogP contribution >= 0.6 is 15.9 Å². The average molecular weight is 386 g/mol. The molecule has 118 valence electrons. The van der Waals surface area contributed by atoms with Crippen molar-refractivity contribution in [2.45, 2.75) is 0 Å². The number of hydrogen-bond donors (Lipinski definition) is 1. The Kier molecular flexibility index (Phi) is 4.28. The molecule has 1 heterocycles. The third-order valence-corrected chi connectivity index (χ3v) is 4.02. The van der Waals surface area contributed by atoms with Gasteiger partial charge in [0.15, 0.2) is 0 Å². The number of rotatable bonds is 2. The van der Waals surface area contributed by atoms with Crippen molar-refractivity contribution < 1.29 is 8.78 Å². The fraction of sp³-hybridized carbons (Fsp3) is 0. The number of halogens is 3. The monoisotopic (exact) mass is 385 g/mol. The Morgan fingerprint density at radius 3 is 2.38 bits per heavy atom. The van der Waals surface area contributed by atoms with E-state index < -0.39 is 11.6 Å². The van der Waals surface area contributed by atoms with Gasteiger partial charge in [0.1, 0.15) is 29.1 Å². The van der Waals surface area contributed by atoms with Crippen molar-refractivity contribution in [1.82, 2.24) is 4.98 Å². The molecule has 0 fully saturated rings. The molecular formula is C18H10BrF2N3.